The first-order chi connectivity index (χ1) is 8.74. The van der Waals surface area contributed by atoms with Gasteiger partial charge in [-0.1, -0.05) is 23.7 Å². The van der Waals surface area contributed by atoms with E-state index in [0.717, 1.165) is 10.6 Å². The number of nitrogens with one attached hydrogen (secondary N) is 1. The summed E-state index contributed by atoms with van der Waals surface area (Å²) >= 11 is 5.89. The van der Waals surface area contributed by atoms with Crippen molar-refractivity contribution >= 4 is 11.6 Å². The Labute approximate surface area is 111 Å². The van der Waals surface area contributed by atoms with Gasteiger partial charge in [-0.15, -0.1) is 0 Å². The van der Waals surface area contributed by atoms with Gasteiger partial charge in [0.2, 0.25) is 0 Å². The van der Waals surface area contributed by atoms with Gasteiger partial charge < -0.3 is 10.4 Å². The van der Waals surface area contributed by atoms with Gasteiger partial charge in [-0.25, -0.2) is 0 Å². The fourth-order valence-electron chi connectivity index (χ4n) is 1.72. The average Bonchev–Trinajstić information content (AvgIpc) is 2.82. The smallest absolute Gasteiger partial charge is 0.0860 e. The van der Waals surface area contributed by atoms with E-state index in [4.69, 9.17) is 11.6 Å². The molecule has 0 amide bonds. The first kappa shape index (κ1) is 13.1. The zero-order valence-electron chi connectivity index (χ0n) is 9.96. The van der Waals surface area contributed by atoms with Gasteiger partial charge in [0.1, 0.15) is 0 Å². The van der Waals surface area contributed by atoms with E-state index in [9.17, 15) is 5.11 Å². The van der Waals surface area contributed by atoms with Crippen LogP contribution in [0.25, 0.3) is 0 Å². The molecule has 2 aromatic rings. The number of benzene rings is 1. The van der Waals surface area contributed by atoms with Gasteiger partial charge in [0.05, 0.1) is 12.6 Å². The van der Waals surface area contributed by atoms with Gasteiger partial charge in [0, 0.05) is 30.5 Å². The van der Waals surface area contributed by atoms with Crippen LogP contribution in [0, 0.1) is 0 Å². The van der Waals surface area contributed by atoms with Crippen LogP contribution in [0.1, 0.15) is 5.56 Å². The minimum absolute atomic E-state index is 0.455. The van der Waals surface area contributed by atoms with Gasteiger partial charge in [-0.3, -0.25) is 4.68 Å². The Balaban J connectivity index is 1.72. The predicted octanol–water partition coefficient (Wildman–Crippen LogP) is 1.69. The van der Waals surface area contributed by atoms with Crippen LogP contribution in [0.15, 0.2) is 42.7 Å². The minimum atomic E-state index is -0.455. The molecule has 2 N–H and O–H groups in total. The first-order valence-corrected chi connectivity index (χ1v) is 6.22. The van der Waals surface area contributed by atoms with Crippen LogP contribution >= 0.6 is 11.6 Å². The molecule has 1 aromatic heterocycles. The van der Waals surface area contributed by atoms with Gasteiger partial charge >= 0.3 is 0 Å². The molecule has 2 rings (SSSR count). The second-order valence-electron chi connectivity index (χ2n) is 4.14. The third-order valence-corrected chi connectivity index (χ3v) is 2.79. The first-order valence-electron chi connectivity index (χ1n) is 5.84. The second kappa shape index (κ2) is 6.54. The number of rotatable bonds is 6. The third-order valence-electron chi connectivity index (χ3n) is 2.56. The van der Waals surface area contributed by atoms with E-state index in [1.54, 1.807) is 10.9 Å². The second-order valence-corrected chi connectivity index (χ2v) is 4.58. The molecule has 0 radical (unpaired) electrons. The number of nitrogens with zero attached hydrogens (tertiary/aromatic N) is 2. The maximum atomic E-state index is 9.80. The number of halogens is 1. The molecule has 0 spiro atoms. The number of aromatic nitrogens is 2. The predicted molar refractivity (Wildman–Crippen MR) is 71.4 cm³/mol. The summed E-state index contributed by atoms with van der Waals surface area (Å²) in [6.07, 6.45) is 3.08. The molecule has 1 heterocycles. The van der Waals surface area contributed by atoms with Gasteiger partial charge in [0.15, 0.2) is 0 Å². The molecule has 0 saturated heterocycles. The van der Waals surface area contributed by atoms with Crippen molar-refractivity contribution in [1.82, 2.24) is 15.1 Å². The normalized spacial score (nSPS) is 12.6. The number of aliphatic hydroxyl groups excluding tert-OH is 1. The lowest BCUT2D eigenvalue weighted by molar-refractivity contribution is 0.146. The van der Waals surface area contributed by atoms with E-state index in [1.165, 1.54) is 0 Å². The maximum Gasteiger partial charge on any atom is 0.0860 e. The highest BCUT2D eigenvalue weighted by atomic mass is 35.5. The number of aliphatic hydroxyl groups is 1. The average molecular weight is 266 g/mol. The Hall–Kier alpha value is -1.36. The van der Waals surface area contributed by atoms with Crippen molar-refractivity contribution in [3.63, 3.8) is 0 Å². The molecule has 0 aliphatic carbocycles. The fourth-order valence-corrected chi connectivity index (χ4v) is 1.93. The van der Waals surface area contributed by atoms with Crippen LogP contribution in [0.4, 0.5) is 0 Å². The molecule has 1 atom stereocenters. The Morgan fingerprint density at radius 2 is 2.28 bits per heavy atom. The van der Waals surface area contributed by atoms with E-state index in [-0.39, 0.29) is 0 Å². The van der Waals surface area contributed by atoms with Crippen LogP contribution < -0.4 is 5.32 Å². The Morgan fingerprint density at radius 3 is 3.00 bits per heavy atom. The lowest BCUT2D eigenvalue weighted by Gasteiger charge is -2.12. The molecule has 0 bridgehead atoms. The summed E-state index contributed by atoms with van der Waals surface area (Å²) in [6.45, 7) is 1.71. The van der Waals surface area contributed by atoms with Gasteiger partial charge in [-0.05, 0) is 23.8 Å². The van der Waals surface area contributed by atoms with Crippen LogP contribution in [0.2, 0.25) is 5.02 Å². The molecule has 0 saturated carbocycles. The fraction of sp³-hybridized carbons (Fsp3) is 0.308. The maximum absolute atomic E-state index is 9.80. The monoisotopic (exact) mass is 265 g/mol. The zero-order valence-corrected chi connectivity index (χ0v) is 10.7. The zero-order chi connectivity index (χ0) is 12.8. The summed E-state index contributed by atoms with van der Waals surface area (Å²) in [5.74, 6) is 0. The Kier molecular flexibility index (Phi) is 4.75. The van der Waals surface area contributed by atoms with Crippen LogP contribution in [0.5, 0.6) is 0 Å². The third kappa shape index (κ3) is 4.14. The van der Waals surface area contributed by atoms with Crippen LogP contribution in [0.3, 0.4) is 0 Å². The van der Waals surface area contributed by atoms with E-state index >= 15 is 0 Å². The highest BCUT2D eigenvalue weighted by Crippen LogP contribution is 2.10. The standard InChI is InChI=1S/C13H16ClN3O/c14-12-4-1-3-11(7-12)8-15-9-13(18)10-17-6-2-5-16-17/h1-7,13,15,18H,8-10H2. The van der Waals surface area contributed by atoms with Crippen molar-refractivity contribution in [2.75, 3.05) is 6.54 Å². The van der Waals surface area contributed by atoms with E-state index in [1.807, 2.05) is 36.5 Å². The van der Waals surface area contributed by atoms with Crippen molar-refractivity contribution in [2.24, 2.45) is 0 Å². The summed E-state index contributed by atoms with van der Waals surface area (Å²) in [5.41, 5.74) is 1.11. The summed E-state index contributed by atoms with van der Waals surface area (Å²) in [6, 6.07) is 9.51. The van der Waals surface area contributed by atoms with Crippen LogP contribution in [-0.4, -0.2) is 27.5 Å². The number of hydrogen-bond acceptors (Lipinski definition) is 3. The van der Waals surface area contributed by atoms with Crippen molar-refractivity contribution < 1.29 is 5.11 Å². The van der Waals surface area contributed by atoms with E-state index < -0.39 is 6.10 Å². The van der Waals surface area contributed by atoms with E-state index in [2.05, 4.69) is 10.4 Å². The molecule has 18 heavy (non-hydrogen) atoms. The SMILES string of the molecule is OC(CNCc1cccc(Cl)c1)Cn1cccn1. The summed E-state index contributed by atoms with van der Waals surface area (Å²) in [5, 5.41) is 17.8. The lowest BCUT2D eigenvalue weighted by atomic mass is 10.2. The summed E-state index contributed by atoms with van der Waals surface area (Å²) in [4.78, 5) is 0. The molecule has 1 unspecified atom stereocenters. The highest BCUT2D eigenvalue weighted by Gasteiger charge is 2.04. The highest BCUT2D eigenvalue weighted by molar-refractivity contribution is 6.30. The molecule has 0 aliphatic rings. The Morgan fingerprint density at radius 1 is 1.39 bits per heavy atom. The van der Waals surface area contributed by atoms with E-state index in [0.29, 0.717) is 19.6 Å². The molecule has 0 fully saturated rings. The molecule has 96 valence electrons. The van der Waals surface area contributed by atoms with Crippen LogP contribution in [-0.2, 0) is 13.1 Å². The molecule has 1 aromatic carbocycles. The van der Waals surface area contributed by atoms with Crippen molar-refractivity contribution in [1.29, 1.82) is 0 Å². The van der Waals surface area contributed by atoms with Crippen molar-refractivity contribution in [3.05, 3.63) is 53.3 Å². The van der Waals surface area contributed by atoms with Gasteiger partial charge in [0.25, 0.3) is 0 Å². The Bertz CT molecular complexity index is 473. The molecular weight excluding hydrogens is 250 g/mol. The largest absolute Gasteiger partial charge is 0.390 e. The van der Waals surface area contributed by atoms with Crippen molar-refractivity contribution in [3.8, 4) is 0 Å². The molecule has 4 nitrogen and oxygen atoms in total. The summed E-state index contributed by atoms with van der Waals surface area (Å²) < 4.78 is 1.71. The molecule has 5 heteroatoms. The summed E-state index contributed by atoms with van der Waals surface area (Å²) in [7, 11) is 0. The molecule has 0 aliphatic heterocycles. The topological polar surface area (TPSA) is 50.1 Å². The number of hydrogen-bond donors (Lipinski definition) is 2. The molecular formula is C13H16ClN3O. The quantitative estimate of drug-likeness (QED) is 0.836. The van der Waals surface area contributed by atoms with Crippen molar-refractivity contribution in [2.45, 2.75) is 19.2 Å². The van der Waals surface area contributed by atoms with Gasteiger partial charge in [-0.2, -0.15) is 5.10 Å². The lowest BCUT2D eigenvalue weighted by Crippen LogP contribution is -2.30. The minimum Gasteiger partial charge on any atom is -0.390 e.